The van der Waals surface area contributed by atoms with Gasteiger partial charge in [0, 0.05) is 12.0 Å². The van der Waals surface area contributed by atoms with Crippen LogP contribution in [0.25, 0.3) is 0 Å². The molecule has 0 aliphatic heterocycles. The first-order valence-corrected chi connectivity index (χ1v) is 6.50. The van der Waals surface area contributed by atoms with Crippen molar-refractivity contribution in [2.75, 3.05) is 0 Å². The van der Waals surface area contributed by atoms with E-state index >= 15 is 0 Å². The summed E-state index contributed by atoms with van der Waals surface area (Å²) >= 11 is 0. The maximum atomic E-state index is 11.4. The topological polar surface area (TPSA) is 37.3 Å². The summed E-state index contributed by atoms with van der Waals surface area (Å²) in [5.74, 6) is 4.56. The highest BCUT2D eigenvalue weighted by Gasteiger charge is 2.18. The molecule has 100 valence electrons. The molecule has 0 saturated carbocycles. The van der Waals surface area contributed by atoms with Gasteiger partial charge in [0.15, 0.2) is 0 Å². The van der Waals surface area contributed by atoms with Gasteiger partial charge in [0.2, 0.25) is 0 Å². The van der Waals surface area contributed by atoms with E-state index in [1.165, 1.54) is 0 Å². The second-order valence-electron chi connectivity index (χ2n) is 4.68. The number of hydrogen-bond donors (Lipinski definition) is 1. The molecule has 0 aliphatic carbocycles. The molecule has 0 radical (unpaired) electrons. The fourth-order valence-electron chi connectivity index (χ4n) is 2.01. The maximum absolute atomic E-state index is 11.4. The molecule has 0 aromatic heterocycles. The summed E-state index contributed by atoms with van der Waals surface area (Å²) in [6.07, 6.45) is 0.313. The van der Waals surface area contributed by atoms with Crippen molar-refractivity contribution in [2.45, 2.75) is 19.3 Å². The van der Waals surface area contributed by atoms with Crippen LogP contribution in [-0.4, -0.2) is 11.1 Å². The van der Waals surface area contributed by atoms with Crippen molar-refractivity contribution in [1.29, 1.82) is 0 Å². The van der Waals surface area contributed by atoms with Crippen LogP contribution in [0, 0.1) is 18.8 Å². The number of carbonyl (C=O) groups is 1. The number of benzene rings is 2. The maximum Gasteiger partial charge on any atom is 0.311 e. The average molecular weight is 264 g/mol. The monoisotopic (exact) mass is 264 g/mol. The Morgan fingerprint density at radius 1 is 1.15 bits per heavy atom. The highest BCUT2D eigenvalue weighted by Crippen LogP contribution is 2.20. The first kappa shape index (κ1) is 13.9. The Labute approximate surface area is 119 Å². The Bertz CT molecular complexity index is 648. The molecule has 2 nitrogen and oxygen atoms in total. The van der Waals surface area contributed by atoms with E-state index in [0.29, 0.717) is 6.42 Å². The fraction of sp³-hybridized carbons (Fsp3) is 0.167. The number of carboxylic acids is 1. The number of aryl methyl sites for hydroxylation is 1. The molecule has 1 atom stereocenters. The van der Waals surface area contributed by atoms with Gasteiger partial charge in [-0.25, -0.2) is 0 Å². The van der Waals surface area contributed by atoms with Crippen molar-refractivity contribution in [3.8, 4) is 11.8 Å². The van der Waals surface area contributed by atoms with Crippen LogP contribution in [-0.2, 0) is 4.79 Å². The molecule has 2 aromatic carbocycles. The van der Waals surface area contributed by atoms with Crippen LogP contribution in [0.15, 0.2) is 54.6 Å². The minimum Gasteiger partial charge on any atom is -0.481 e. The van der Waals surface area contributed by atoms with Crippen LogP contribution in [0.1, 0.15) is 29.0 Å². The lowest BCUT2D eigenvalue weighted by Gasteiger charge is -2.09. The highest BCUT2D eigenvalue weighted by atomic mass is 16.4. The Kier molecular flexibility index (Phi) is 4.57. The zero-order chi connectivity index (χ0) is 14.4. The second-order valence-corrected chi connectivity index (χ2v) is 4.68. The van der Waals surface area contributed by atoms with Gasteiger partial charge in [-0.15, -0.1) is 0 Å². The largest absolute Gasteiger partial charge is 0.481 e. The molecule has 0 aliphatic rings. The van der Waals surface area contributed by atoms with Gasteiger partial charge < -0.3 is 5.11 Å². The molecule has 0 spiro atoms. The summed E-state index contributed by atoms with van der Waals surface area (Å²) in [6.45, 7) is 1.96. The Hall–Kier alpha value is -2.53. The highest BCUT2D eigenvalue weighted by molar-refractivity contribution is 5.76. The van der Waals surface area contributed by atoms with Crippen LogP contribution in [0.3, 0.4) is 0 Å². The van der Waals surface area contributed by atoms with Gasteiger partial charge in [0.1, 0.15) is 0 Å². The van der Waals surface area contributed by atoms with Gasteiger partial charge in [-0.2, -0.15) is 0 Å². The average Bonchev–Trinajstić information content (AvgIpc) is 2.44. The van der Waals surface area contributed by atoms with Crippen molar-refractivity contribution in [3.05, 3.63) is 71.3 Å². The zero-order valence-corrected chi connectivity index (χ0v) is 11.3. The third-order valence-electron chi connectivity index (χ3n) is 3.06. The second kappa shape index (κ2) is 6.58. The van der Waals surface area contributed by atoms with E-state index in [-0.39, 0.29) is 0 Å². The molecule has 0 heterocycles. The van der Waals surface area contributed by atoms with E-state index in [0.717, 1.165) is 16.7 Å². The first-order valence-electron chi connectivity index (χ1n) is 6.50. The SMILES string of the molecule is Cc1cccc(C(CC#Cc2ccccc2)C(=O)O)c1. The molecular formula is C18H16O2. The van der Waals surface area contributed by atoms with Gasteiger partial charge in [0.05, 0.1) is 5.92 Å². The molecule has 2 heteroatoms. The lowest BCUT2D eigenvalue weighted by Crippen LogP contribution is -2.11. The molecule has 20 heavy (non-hydrogen) atoms. The minimum absolute atomic E-state index is 0.313. The standard InChI is InChI=1S/C18H16O2/c1-14-7-5-11-16(13-14)17(18(19)20)12-6-10-15-8-3-2-4-9-15/h2-5,7-9,11,13,17H,12H2,1H3,(H,19,20). The van der Waals surface area contributed by atoms with Gasteiger partial charge in [-0.3, -0.25) is 4.79 Å². The number of aliphatic carboxylic acids is 1. The van der Waals surface area contributed by atoms with E-state index < -0.39 is 11.9 Å². The van der Waals surface area contributed by atoms with Crippen LogP contribution in [0.4, 0.5) is 0 Å². The van der Waals surface area contributed by atoms with Crippen molar-refractivity contribution < 1.29 is 9.90 Å². The first-order chi connectivity index (χ1) is 9.66. The normalized spacial score (nSPS) is 11.2. The van der Waals surface area contributed by atoms with E-state index in [9.17, 15) is 9.90 Å². The van der Waals surface area contributed by atoms with Crippen LogP contribution >= 0.6 is 0 Å². The van der Waals surface area contributed by atoms with Crippen LogP contribution < -0.4 is 0 Å². The van der Waals surface area contributed by atoms with Gasteiger partial charge in [0.25, 0.3) is 0 Å². The third kappa shape index (κ3) is 3.73. The van der Waals surface area contributed by atoms with Crippen molar-refractivity contribution in [1.82, 2.24) is 0 Å². The van der Waals surface area contributed by atoms with Crippen molar-refractivity contribution in [3.63, 3.8) is 0 Å². The molecule has 2 rings (SSSR count). The minimum atomic E-state index is -0.835. The van der Waals surface area contributed by atoms with Gasteiger partial charge >= 0.3 is 5.97 Å². The Morgan fingerprint density at radius 3 is 2.55 bits per heavy atom. The molecule has 1 N–H and O–H groups in total. The number of hydrogen-bond acceptors (Lipinski definition) is 1. The van der Waals surface area contributed by atoms with Gasteiger partial charge in [-0.1, -0.05) is 59.9 Å². The summed E-state index contributed by atoms with van der Waals surface area (Å²) in [4.78, 5) is 11.4. The summed E-state index contributed by atoms with van der Waals surface area (Å²) < 4.78 is 0. The van der Waals surface area contributed by atoms with Crippen molar-refractivity contribution in [2.24, 2.45) is 0 Å². The van der Waals surface area contributed by atoms with E-state index in [1.807, 2.05) is 61.5 Å². The molecule has 0 fully saturated rings. The summed E-state index contributed by atoms with van der Waals surface area (Å²) in [7, 11) is 0. The lowest BCUT2D eigenvalue weighted by molar-refractivity contribution is -0.138. The third-order valence-corrected chi connectivity index (χ3v) is 3.06. The molecule has 0 saturated heterocycles. The van der Waals surface area contributed by atoms with E-state index in [2.05, 4.69) is 11.8 Å². The molecule has 0 bridgehead atoms. The fourth-order valence-corrected chi connectivity index (χ4v) is 2.01. The van der Waals surface area contributed by atoms with E-state index in [4.69, 9.17) is 0 Å². The predicted molar refractivity (Wildman–Crippen MR) is 79.5 cm³/mol. The quantitative estimate of drug-likeness (QED) is 0.860. The smallest absolute Gasteiger partial charge is 0.311 e. The molecule has 1 unspecified atom stereocenters. The van der Waals surface area contributed by atoms with Crippen LogP contribution in [0.2, 0.25) is 0 Å². The summed E-state index contributed by atoms with van der Waals surface area (Å²) in [6, 6.07) is 17.2. The van der Waals surface area contributed by atoms with Crippen LogP contribution in [0.5, 0.6) is 0 Å². The lowest BCUT2D eigenvalue weighted by atomic mass is 9.95. The molecule has 0 amide bonds. The van der Waals surface area contributed by atoms with Gasteiger partial charge in [-0.05, 0) is 24.6 Å². The number of carboxylic acid groups (broad SMARTS) is 1. The van der Waals surface area contributed by atoms with Crippen molar-refractivity contribution >= 4 is 5.97 Å². The predicted octanol–water partition coefficient (Wildman–Crippen LogP) is 3.61. The Morgan fingerprint density at radius 2 is 1.90 bits per heavy atom. The molecule has 2 aromatic rings. The summed E-state index contributed by atoms with van der Waals surface area (Å²) in [5.41, 5.74) is 2.77. The zero-order valence-electron chi connectivity index (χ0n) is 11.3. The Balaban J connectivity index is 2.16. The summed E-state index contributed by atoms with van der Waals surface area (Å²) in [5, 5.41) is 9.35. The molecular weight excluding hydrogens is 248 g/mol. The number of rotatable bonds is 3. The van der Waals surface area contributed by atoms with E-state index in [1.54, 1.807) is 0 Å².